The number of pyridine rings is 1. The molecule has 0 spiro atoms. The lowest BCUT2D eigenvalue weighted by atomic mass is 10.1. The van der Waals surface area contributed by atoms with E-state index in [1.165, 1.54) is 11.8 Å². The molecule has 0 aliphatic carbocycles. The molecule has 5 nitrogen and oxygen atoms in total. The van der Waals surface area contributed by atoms with Crippen LogP contribution in [0.25, 0.3) is 5.65 Å². The molecule has 0 N–H and O–H groups in total. The summed E-state index contributed by atoms with van der Waals surface area (Å²) in [5, 5.41) is 9.00. The maximum atomic E-state index is 12.4. The number of hydrogen-bond acceptors (Lipinski definition) is 5. The molecule has 124 valence electrons. The largest absolute Gasteiger partial charge is 0.465 e. The molecule has 0 unspecified atom stereocenters. The van der Waals surface area contributed by atoms with Crippen LogP contribution in [0.15, 0.2) is 47.8 Å². The molecule has 2 aromatic heterocycles. The van der Waals surface area contributed by atoms with E-state index >= 15 is 0 Å². The fraction of sp³-hybridized carbons (Fsp3) is 0.188. The Bertz CT molecular complexity index is 870. The molecule has 0 fully saturated rings. The van der Waals surface area contributed by atoms with Gasteiger partial charge >= 0.3 is 5.97 Å². The Hall–Kier alpha value is -1.76. The molecule has 0 saturated heterocycles. The molecule has 0 radical (unpaired) electrons. The lowest BCUT2D eigenvalue weighted by Crippen LogP contribution is -2.13. The first kappa shape index (κ1) is 17.1. The lowest BCUT2D eigenvalue weighted by molar-refractivity contribution is -0.142. The van der Waals surface area contributed by atoms with E-state index in [9.17, 15) is 4.79 Å². The highest BCUT2D eigenvalue weighted by Crippen LogP contribution is 2.36. The first-order valence-corrected chi connectivity index (χ1v) is 8.81. The minimum absolute atomic E-state index is 0.307. The third kappa shape index (κ3) is 3.50. The lowest BCUT2D eigenvalue weighted by Gasteiger charge is -2.14. The number of halogens is 2. The van der Waals surface area contributed by atoms with Crippen molar-refractivity contribution in [2.75, 3.05) is 6.61 Å². The zero-order valence-electron chi connectivity index (χ0n) is 12.6. The van der Waals surface area contributed by atoms with Gasteiger partial charge in [-0.2, -0.15) is 0 Å². The van der Waals surface area contributed by atoms with Gasteiger partial charge in [0, 0.05) is 6.20 Å². The van der Waals surface area contributed by atoms with Gasteiger partial charge in [0.25, 0.3) is 0 Å². The first-order chi connectivity index (χ1) is 11.6. The normalized spacial score (nSPS) is 12.3. The summed E-state index contributed by atoms with van der Waals surface area (Å²) in [6.07, 6.45) is 1.66. The highest BCUT2D eigenvalue weighted by atomic mass is 35.5. The van der Waals surface area contributed by atoms with Crippen molar-refractivity contribution in [3.8, 4) is 0 Å². The maximum absolute atomic E-state index is 12.4. The molecule has 0 amide bonds. The van der Waals surface area contributed by atoms with Gasteiger partial charge in [-0.25, -0.2) is 0 Å². The summed E-state index contributed by atoms with van der Waals surface area (Å²) in [6.45, 7) is 2.08. The number of aromatic nitrogens is 3. The Morgan fingerprint density at radius 1 is 1.29 bits per heavy atom. The Morgan fingerprint density at radius 2 is 2.04 bits per heavy atom. The number of esters is 1. The van der Waals surface area contributed by atoms with E-state index in [1.54, 1.807) is 23.6 Å². The van der Waals surface area contributed by atoms with Crippen LogP contribution in [0.1, 0.15) is 17.7 Å². The molecule has 1 atom stereocenters. The number of nitrogens with zero attached hydrogens (tertiary/aromatic N) is 3. The topological polar surface area (TPSA) is 56.5 Å². The van der Waals surface area contributed by atoms with Gasteiger partial charge in [-0.05, 0) is 18.6 Å². The summed E-state index contributed by atoms with van der Waals surface area (Å²) in [4.78, 5) is 12.4. The highest BCUT2D eigenvalue weighted by Gasteiger charge is 2.26. The second-order valence-corrected chi connectivity index (χ2v) is 6.76. The maximum Gasteiger partial charge on any atom is 0.324 e. The van der Waals surface area contributed by atoms with Gasteiger partial charge in [0.2, 0.25) is 0 Å². The van der Waals surface area contributed by atoms with Crippen LogP contribution in [-0.4, -0.2) is 27.2 Å². The molecule has 0 saturated carbocycles. The molecule has 0 aliphatic rings. The van der Waals surface area contributed by atoms with E-state index in [-0.39, 0.29) is 5.97 Å². The average Bonchev–Trinajstić information content (AvgIpc) is 2.96. The summed E-state index contributed by atoms with van der Waals surface area (Å²) in [7, 11) is 0. The molecule has 24 heavy (non-hydrogen) atoms. The summed E-state index contributed by atoms with van der Waals surface area (Å²) < 4.78 is 6.87. The number of hydrogen-bond donors (Lipinski definition) is 0. The Morgan fingerprint density at radius 3 is 2.75 bits per heavy atom. The van der Waals surface area contributed by atoms with Crippen LogP contribution in [0.4, 0.5) is 0 Å². The van der Waals surface area contributed by atoms with E-state index in [0.717, 1.165) is 5.56 Å². The third-order valence-corrected chi connectivity index (χ3v) is 4.90. The number of benzene rings is 1. The number of ether oxygens (including phenoxy) is 1. The third-order valence-electron chi connectivity index (χ3n) is 3.22. The van der Waals surface area contributed by atoms with Crippen LogP contribution in [-0.2, 0) is 9.53 Å². The molecule has 0 aliphatic heterocycles. The van der Waals surface area contributed by atoms with Gasteiger partial charge in [0.1, 0.15) is 5.25 Å². The molecule has 3 aromatic rings. The first-order valence-electron chi connectivity index (χ1n) is 7.18. The minimum Gasteiger partial charge on any atom is -0.465 e. The van der Waals surface area contributed by atoms with Gasteiger partial charge in [-0.1, -0.05) is 65.3 Å². The summed E-state index contributed by atoms with van der Waals surface area (Å²) in [6, 6.07) is 11.0. The van der Waals surface area contributed by atoms with Crippen molar-refractivity contribution in [3.63, 3.8) is 0 Å². The van der Waals surface area contributed by atoms with Crippen LogP contribution < -0.4 is 0 Å². The minimum atomic E-state index is -0.559. The predicted octanol–water partition coefficient (Wildman–Crippen LogP) is 4.43. The number of rotatable bonds is 5. The monoisotopic (exact) mass is 381 g/mol. The smallest absolute Gasteiger partial charge is 0.324 e. The van der Waals surface area contributed by atoms with Gasteiger partial charge < -0.3 is 4.74 Å². The van der Waals surface area contributed by atoms with Crippen molar-refractivity contribution >= 4 is 46.6 Å². The van der Waals surface area contributed by atoms with Gasteiger partial charge in [0.15, 0.2) is 10.8 Å². The van der Waals surface area contributed by atoms with Crippen molar-refractivity contribution in [1.29, 1.82) is 0 Å². The van der Waals surface area contributed by atoms with Crippen molar-refractivity contribution in [1.82, 2.24) is 14.6 Å². The Kier molecular flexibility index (Phi) is 5.28. The van der Waals surface area contributed by atoms with Gasteiger partial charge in [-0.3, -0.25) is 9.20 Å². The van der Waals surface area contributed by atoms with E-state index in [0.29, 0.717) is 27.5 Å². The second-order valence-electron chi connectivity index (χ2n) is 4.84. The van der Waals surface area contributed by atoms with Crippen LogP contribution in [0.3, 0.4) is 0 Å². The highest BCUT2D eigenvalue weighted by molar-refractivity contribution is 8.00. The predicted molar refractivity (Wildman–Crippen MR) is 94.7 cm³/mol. The Labute approximate surface area is 152 Å². The number of thioether (sulfide) groups is 1. The van der Waals surface area contributed by atoms with E-state index in [2.05, 4.69) is 10.2 Å². The zero-order chi connectivity index (χ0) is 17.1. The quantitative estimate of drug-likeness (QED) is 0.483. The average molecular weight is 382 g/mol. The van der Waals surface area contributed by atoms with Crippen molar-refractivity contribution in [2.45, 2.75) is 17.3 Å². The van der Waals surface area contributed by atoms with Gasteiger partial charge in [-0.15, -0.1) is 10.2 Å². The van der Waals surface area contributed by atoms with Crippen molar-refractivity contribution in [2.24, 2.45) is 0 Å². The van der Waals surface area contributed by atoms with Crippen molar-refractivity contribution < 1.29 is 9.53 Å². The van der Waals surface area contributed by atoms with E-state index in [1.807, 2.05) is 30.3 Å². The number of fused-ring (bicyclic) bond motifs is 1. The Balaban J connectivity index is 2.00. The zero-order valence-corrected chi connectivity index (χ0v) is 15.0. The SMILES string of the molecule is CCOC(=O)[C@@H](Sc1nnc2c(Cl)cc(Cl)cn12)c1ccccc1. The van der Waals surface area contributed by atoms with Crippen LogP contribution in [0, 0.1) is 0 Å². The van der Waals surface area contributed by atoms with Crippen LogP contribution in [0.2, 0.25) is 10.0 Å². The summed E-state index contributed by atoms with van der Waals surface area (Å²) >= 11 is 13.4. The fourth-order valence-corrected chi connectivity index (χ4v) is 3.70. The second kappa shape index (κ2) is 7.42. The fourth-order valence-electron chi connectivity index (χ4n) is 2.19. The van der Waals surface area contributed by atoms with Crippen LogP contribution in [0.5, 0.6) is 0 Å². The molecule has 8 heteroatoms. The number of carbonyl (C=O) groups is 1. The summed E-state index contributed by atoms with van der Waals surface area (Å²) in [5.41, 5.74) is 1.31. The molecular formula is C16H13Cl2N3O2S. The van der Waals surface area contributed by atoms with E-state index < -0.39 is 5.25 Å². The molecule has 1 aromatic carbocycles. The van der Waals surface area contributed by atoms with Crippen molar-refractivity contribution in [3.05, 3.63) is 58.2 Å². The molecule has 2 heterocycles. The van der Waals surface area contributed by atoms with E-state index in [4.69, 9.17) is 27.9 Å². The molecule has 3 rings (SSSR count). The summed E-state index contributed by atoms with van der Waals surface area (Å²) in [5.74, 6) is -0.335. The van der Waals surface area contributed by atoms with Crippen LogP contribution >= 0.6 is 35.0 Å². The van der Waals surface area contributed by atoms with Gasteiger partial charge in [0.05, 0.1) is 16.7 Å². The standard InChI is InChI=1S/C16H13Cl2N3O2S/c1-2-23-15(22)13(10-6-4-3-5-7-10)24-16-20-19-14-12(18)8-11(17)9-21(14)16/h3-9,13H,2H2,1H3/t13-/m0/s1. The molecular weight excluding hydrogens is 369 g/mol. The number of carbonyl (C=O) groups excluding carboxylic acids is 1. The molecule has 0 bridgehead atoms.